The number of fused-ring (bicyclic) bond motifs is 1. The normalized spacial score (nSPS) is 21.4. The lowest BCUT2D eigenvalue weighted by Crippen LogP contribution is -2.33. The van der Waals surface area contributed by atoms with E-state index in [-0.39, 0.29) is 23.1 Å². The summed E-state index contributed by atoms with van der Waals surface area (Å²) in [7, 11) is -1.01. The summed E-state index contributed by atoms with van der Waals surface area (Å²) in [6.45, 7) is 2.37. The predicted molar refractivity (Wildman–Crippen MR) is 82.6 cm³/mol. The van der Waals surface area contributed by atoms with E-state index in [1.54, 1.807) is 4.40 Å². The fourth-order valence-corrected chi connectivity index (χ4v) is 5.39. The molecule has 6 nitrogen and oxygen atoms in total. The second-order valence-corrected chi connectivity index (χ2v) is 8.62. The van der Waals surface area contributed by atoms with Gasteiger partial charge in [-0.15, -0.1) is 11.3 Å². The van der Waals surface area contributed by atoms with Crippen LogP contribution in [0.2, 0.25) is 0 Å². The van der Waals surface area contributed by atoms with Gasteiger partial charge in [0.15, 0.2) is 14.8 Å². The highest BCUT2D eigenvalue weighted by molar-refractivity contribution is 7.91. The SMILES string of the molecule is Cc1csc2nc(CN(C)C3CCS(=O)(=O)C3)cc(=O)n12. The molecule has 3 heterocycles. The zero-order chi connectivity index (χ0) is 15.2. The maximum absolute atomic E-state index is 12.1. The number of thiazole rings is 1. The van der Waals surface area contributed by atoms with Crippen molar-refractivity contribution in [3.63, 3.8) is 0 Å². The number of nitrogens with zero attached hydrogens (tertiary/aromatic N) is 3. The van der Waals surface area contributed by atoms with E-state index >= 15 is 0 Å². The van der Waals surface area contributed by atoms with Crippen LogP contribution in [0.5, 0.6) is 0 Å². The van der Waals surface area contributed by atoms with Crippen molar-refractivity contribution in [1.29, 1.82) is 0 Å². The molecule has 8 heteroatoms. The van der Waals surface area contributed by atoms with Gasteiger partial charge in [0.25, 0.3) is 5.56 Å². The Labute approximate surface area is 127 Å². The molecule has 0 aliphatic carbocycles. The monoisotopic (exact) mass is 327 g/mol. The molecule has 0 radical (unpaired) electrons. The molecule has 0 bridgehead atoms. The van der Waals surface area contributed by atoms with Crippen molar-refractivity contribution in [2.75, 3.05) is 18.6 Å². The van der Waals surface area contributed by atoms with Crippen molar-refractivity contribution in [2.24, 2.45) is 0 Å². The standard InChI is InChI=1S/C13H17N3O3S2/c1-9-7-20-13-14-10(5-12(17)16(9)13)6-15(2)11-3-4-21(18,19)8-11/h5,7,11H,3-4,6,8H2,1-2H3. The molecule has 21 heavy (non-hydrogen) atoms. The van der Waals surface area contributed by atoms with Gasteiger partial charge in [-0.1, -0.05) is 0 Å². The molecular formula is C13H17N3O3S2. The summed E-state index contributed by atoms with van der Waals surface area (Å²) in [6.07, 6.45) is 0.651. The third-order valence-corrected chi connectivity index (χ3v) is 6.57. The number of sulfone groups is 1. The Bertz CT molecular complexity index is 838. The average molecular weight is 327 g/mol. The largest absolute Gasteiger partial charge is 0.297 e. The van der Waals surface area contributed by atoms with Crippen molar-refractivity contribution >= 4 is 26.1 Å². The maximum atomic E-state index is 12.1. The number of hydrogen-bond acceptors (Lipinski definition) is 6. The van der Waals surface area contributed by atoms with Gasteiger partial charge in [-0.25, -0.2) is 13.4 Å². The van der Waals surface area contributed by atoms with E-state index in [4.69, 9.17) is 0 Å². The Balaban J connectivity index is 1.83. The fourth-order valence-electron chi connectivity index (χ4n) is 2.69. The molecule has 1 atom stereocenters. The third kappa shape index (κ3) is 2.88. The molecule has 1 aliphatic rings. The lowest BCUT2D eigenvalue weighted by molar-refractivity contribution is 0.251. The van der Waals surface area contributed by atoms with E-state index in [0.717, 1.165) is 5.69 Å². The Morgan fingerprint density at radius 1 is 1.52 bits per heavy atom. The highest BCUT2D eigenvalue weighted by atomic mass is 32.2. The van der Waals surface area contributed by atoms with Crippen molar-refractivity contribution in [1.82, 2.24) is 14.3 Å². The highest BCUT2D eigenvalue weighted by Gasteiger charge is 2.30. The topological polar surface area (TPSA) is 71.8 Å². The molecule has 1 saturated heterocycles. The van der Waals surface area contributed by atoms with E-state index in [9.17, 15) is 13.2 Å². The van der Waals surface area contributed by atoms with Crippen LogP contribution in [0.3, 0.4) is 0 Å². The third-order valence-electron chi connectivity index (χ3n) is 3.87. The van der Waals surface area contributed by atoms with Gasteiger partial charge in [0, 0.05) is 29.7 Å². The number of aromatic nitrogens is 2. The van der Waals surface area contributed by atoms with Gasteiger partial charge >= 0.3 is 0 Å². The summed E-state index contributed by atoms with van der Waals surface area (Å²) in [4.78, 5) is 19.3. The molecule has 3 rings (SSSR count). The van der Waals surface area contributed by atoms with E-state index in [0.29, 0.717) is 23.6 Å². The molecular weight excluding hydrogens is 310 g/mol. The minimum Gasteiger partial charge on any atom is -0.297 e. The first kappa shape index (κ1) is 14.7. The van der Waals surface area contributed by atoms with Crippen LogP contribution in [0.4, 0.5) is 0 Å². The summed E-state index contributed by atoms with van der Waals surface area (Å²) in [5.41, 5.74) is 1.49. The van der Waals surface area contributed by atoms with Gasteiger partial charge in [0.1, 0.15) is 0 Å². The minimum atomic E-state index is -2.90. The molecule has 0 amide bonds. The first-order valence-electron chi connectivity index (χ1n) is 6.73. The molecule has 2 aromatic heterocycles. The molecule has 114 valence electrons. The molecule has 1 fully saturated rings. The molecule has 0 spiro atoms. The van der Waals surface area contributed by atoms with Crippen LogP contribution in [0.25, 0.3) is 4.96 Å². The van der Waals surface area contributed by atoms with E-state index < -0.39 is 9.84 Å². The summed E-state index contributed by atoms with van der Waals surface area (Å²) < 4.78 is 24.7. The van der Waals surface area contributed by atoms with Crippen LogP contribution < -0.4 is 5.56 Å². The fraction of sp³-hybridized carbons (Fsp3) is 0.538. The zero-order valence-electron chi connectivity index (χ0n) is 11.9. The lowest BCUT2D eigenvalue weighted by atomic mass is 10.2. The maximum Gasteiger partial charge on any atom is 0.259 e. The number of hydrogen-bond donors (Lipinski definition) is 0. The van der Waals surface area contributed by atoms with Crippen molar-refractivity contribution < 1.29 is 8.42 Å². The van der Waals surface area contributed by atoms with Gasteiger partial charge in [0.05, 0.1) is 17.2 Å². The molecule has 0 aromatic carbocycles. The smallest absolute Gasteiger partial charge is 0.259 e. The quantitative estimate of drug-likeness (QED) is 0.829. The first-order valence-corrected chi connectivity index (χ1v) is 9.43. The Kier molecular flexibility index (Phi) is 3.62. The number of aryl methyl sites for hydroxylation is 1. The molecule has 2 aromatic rings. The van der Waals surface area contributed by atoms with E-state index in [1.165, 1.54) is 17.4 Å². The van der Waals surface area contributed by atoms with Crippen LogP contribution in [0.15, 0.2) is 16.2 Å². The van der Waals surface area contributed by atoms with Crippen LogP contribution in [-0.4, -0.2) is 47.3 Å². The summed E-state index contributed by atoms with van der Waals surface area (Å²) in [6, 6.07) is 1.55. The second kappa shape index (κ2) is 5.19. The Morgan fingerprint density at radius 2 is 2.29 bits per heavy atom. The Morgan fingerprint density at radius 3 is 2.95 bits per heavy atom. The van der Waals surface area contributed by atoms with Gasteiger partial charge in [-0.2, -0.15) is 0 Å². The Hall–Kier alpha value is -1.25. The van der Waals surface area contributed by atoms with Gasteiger partial charge in [0.2, 0.25) is 0 Å². The van der Waals surface area contributed by atoms with E-state index in [1.807, 2.05) is 24.3 Å². The highest BCUT2D eigenvalue weighted by Crippen LogP contribution is 2.18. The van der Waals surface area contributed by atoms with Crippen LogP contribution in [0, 0.1) is 6.92 Å². The first-order chi connectivity index (χ1) is 9.85. The number of rotatable bonds is 3. The summed E-state index contributed by atoms with van der Waals surface area (Å²) >= 11 is 1.44. The van der Waals surface area contributed by atoms with Crippen LogP contribution >= 0.6 is 11.3 Å². The molecule has 0 N–H and O–H groups in total. The molecule has 1 aliphatic heterocycles. The van der Waals surface area contributed by atoms with Crippen LogP contribution in [-0.2, 0) is 16.4 Å². The van der Waals surface area contributed by atoms with Crippen molar-refractivity contribution in [3.8, 4) is 0 Å². The lowest BCUT2D eigenvalue weighted by Gasteiger charge is -2.22. The second-order valence-electron chi connectivity index (χ2n) is 5.55. The predicted octanol–water partition coefficient (Wildman–Crippen LogP) is 0.683. The van der Waals surface area contributed by atoms with Crippen molar-refractivity contribution in [2.45, 2.75) is 25.9 Å². The summed E-state index contributed by atoms with van der Waals surface area (Å²) in [5, 5.41) is 1.90. The van der Waals surface area contributed by atoms with Crippen LogP contribution in [0.1, 0.15) is 17.8 Å². The zero-order valence-corrected chi connectivity index (χ0v) is 13.6. The van der Waals surface area contributed by atoms with Crippen molar-refractivity contribution in [3.05, 3.63) is 33.2 Å². The van der Waals surface area contributed by atoms with Gasteiger partial charge in [-0.3, -0.25) is 14.1 Å². The molecule has 0 saturated carbocycles. The van der Waals surface area contributed by atoms with E-state index in [2.05, 4.69) is 4.98 Å². The van der Waals surface area contributed by atoms with Gasteiger partial charge < -0.3 is 0 Å². The summed E-state index contributed by atoms with van der Waals surface area (Å²) in [5.74, 6) is 0.448. The van der Waals surface area contributed by atoms with Gasteiger partial charge in [-0.05, 0) is 20.4 Å². The molecule has 1 unspecified atom stereocenters. The minimum absolute atomic E-state index is 0.0142. The average Bonchev–Trinajstić information content (AvgIpc) is 2.93.